The van der Waals surface area contributed by atoms with E-state index in [0.29, 0.717) is 6.61 Å². The molecular weight excluding hydrogens is 362 g/mol. The lowest BCUT2D eigenvalue weighted by atomic mass is 10.0. The van der Waals surface area contributed by atoms with Crippen LogP contribution in [0.5, 0.6) is 0 Å². The van der Waals surface area contributed by atoms with Crippen LogP contribution < -0.4 is 0 Å². The van der Waals surface area contributed by atoms with E-state index < -0.39 is 0 Å². The van der Waals surface area contributed by atoms with Gasteiger partial charge in [0.2, 0.25) is 0 Å². The minimum atomic E-state index is -0.361. The molecule has 0 aromatic carbocycles. The minimum absolute atomic E-state index is 0.167. The maximum atomic E-state index is 11.4. The second-order valence-corrected chi connectivity index (χ2v) is 8.91. The first kappa shape index (κ1) is 32.9. The SMILES string of the molecule is CC(C)(C)OC(=O)N1CCCC1.CCCC.CCCCCC(C)CC.CCCO. The van der Waals surface area contributed by atoms with Gasteiger partial charge in [0, 0.05) is 19.7 Å². The number of hydrogen-bond acceptors (Lipinski definition) is 3. The molecule has 1 N–H and O–H groups in total. The summed E-state index contributed by atoms with van der Waals surface area (Å²) in [5.41, 5.74) is -0.361. The first-order valence-corrected chi connectivity index (χ1v) is 12.2. The Morgan fingerprint density at radius 2 is 1.41 bits per heavy atom. The van der Waals surface area contributed by atoms with Gasteiger partial charge in [-0.05, 0) is 46.0 Å². The summed E-state index contributed by atoms with van der Waals surface area (Å²) < 4.78 is 5.21. The topological polar surface area (TPSA) is 49.8 Å². The second kappa shape index (κ2) is 23.5. The quantitative estimate of drug-likeness (QED) is 0.429. The fraction of sp³-hybridized carbons (Fsp3) is 0.960. The van der Waals surface area contributed by atoms with Crippen LogP contribution in [0.1, 0.15) is 127 Å². The van der Waals surface area contributed by atoms with E-state index >= 15 is 0 Å². The van der Waals surface area contributed by atoms with Gasteiger partial charge in [0.25, 0.3) is 0 Å². The van der Waals surface area contributed by atoms with Gasteiger partial charge in [-0.3, -0.25) is 0 Å². The summed E-state index contributed by atoms with van der Waals surface area (Å²) in [7, 11) is 0. The fourth-order valence-electron chi connectivity index (χ4n) is 2.17. The van der Waals surface area contributed by atoms with Crippen molar-refractivity contribution in [3.63, 3.8) is 0 Å². The highest BCUT2D eigenvalue weighted by molar-refractivity contribution is 5.68. The van der Waals surface area contributed by atoms with E-state index in [4.69, 9.17) is 9.84 Å². The molecule has 1 aliphatic rings. The third-order valence-electron chi connectivity index (χ3n) is 4.48. The predicted octanol–water partition coefficient (Wildman–Crippen LogP) is 7.83. The van der Waals surface area contributed by atoms with Crippen molar-refractivity contribution >= 4 is 6.09 Å². The molecule has 0 spiro atoms. The third kappa shape index (κ3) is 29.5. The molecule has 1 saturated heterocycles. The maximum absolute atomic E-state index is 11.4. The summed E-state index contributed by atoms with van der Waals surface area (Å²) in [6, 6.07) is 0. The molecule has 29 heavy (non-hydrogen) atoms. The molecule has 1 fully saturated rings. The molecule has 0 aromatic rings. The van der Waals surface area contributed by atoms with E-state index in [1.165, 1.54) is 44.9 Å². The Balaban J connectivity index is -0.000000350. The van der Waals surface area contributed by atoms with Crippen molar-refractivity contribution in [2.45, 2.75) is 132 Å². The molecule has 0 bridgehead atoms. The van der Waals surface area contributed by atoms with E-state index in [-0.39, 0.29) is 11.7 Å². The summed E-state index contributed by atoms with van der Waals surface area (Å²) in [6.45, 7) is 20.9. The highest BCUT2D eigenvalue weighted by Gasteiger charge is 2.23. The molecular formula is C25H55NO3. The van der Waals surface area contributed by atoms with Gasteiger partial charge < -0.3 is 14.7 Å². The molecule has 0 saturated carbocycles. The number of amides is 1. The number of carbonyl (C=O) groups excluding carboxylic acids is 1. The Bertz CT molecular complexity index is 313. The summed E-state index contributed by atoms with van der Waals surface area (Å²) >= 11 is 0. The number of aliphatic hydroxyl groups excluding tert-OH is 1. The van der Waals surface area contributed by atoms with Crippen molar-refractivity contribution in [2.24, 2.45) is 5.92 Å². The standard InChI is InChI=1S/C9H17NO2.C9H20.C4H10.C3H8O/c1-9(2,3)12-8(11)10-6-4-5-7-10;1-4-6-7-8-9(3)5-2;1-3-4-2;1-2-3-4/h4-7H2,1-3H3;9H,4-8H2,1-3H3;3-4H2,1-2H3;4H,2-3H2,1H3. The average Bonchev–Trinajstić information content (AvgIpc) is 3.22. The zero-order valence-corrected chi connectivity index (χ0v) is 21.5. The normalized spacial score (nSPS) is 13.8. The number of ether oxygens (including phenoxy) is 1. The van der Waals surface area contributed by atoms with Crippen molar-refractivity contribution in [1.82, 2.24) is 4.90 Å². The molecule has 4 nitrogen and oxygen atoms in total. The smallest absolute Gasteiger partial charge is 0.410 e. The zero-order chi connectivity index (χ0) is 23.1. The van der Waals surface area contributed by atoms with Crippen LogP contribution >= 0.6 is 0 Å². The Labute approximate surface area is 183 Å². The first-order valence-electron chi connectivity index (χ1n) is 12.2. The van der Waals surface area contributed by atoms with Crippen LogP contribution in [-0.4, -0.2) is 41.4 Å². The van der Waals surface area contributed by atoms with Crippen molar-refractivity contribution in [1.29, 1.82) is 0 Å². The number of hydrogen-bond donors (Lipinski definition) is 1. The molecule has 1 heterocycles. The number of unbranched alkanes of at least 4 members (excludes halogenated alkanes) is 3. The summed E-state index contributed by atoms with van der Waals surface area (Å²) in [5, 5.41) is 7.88. The Morgan fingerprint density at radius 1 is 0.931 bits per heavy atom. The van der Waals surface area contributed by atoms with Gasteiger partial charge in [-0.25, -0.2) is 4.79 Å². The van der Waals surface area contributed by atoms with Crippen LogP contribution in [0.2, 0.25) is 0 Å². The van der Waals surface area contributed by atoms with Crippen LogP contribution in [0.4, 0.5) is 4.79 Å². The first-order chi connectivity index (χ1) is 13.6. The Hall–Kier alpha value is -0.770. The monoisotopic (exact) mass is 417 g/mol. The lowest BCUT2D eigenvalue weighted by molar-refractivity contribution is 0.0295. The molecule has 1 unspecified atom stereocenters. The second-order valence-electron chi connectivity index (χ2n) is 8.91. The van der Waals surface area contributed by atoms with Gasteiger partial charge in [0.1, 0.15) is 5.60 Å². The van der Waals surface area contributed by atoms with E-state index in [1.54, 1.807) is 4.90 Å². The lowest BCUT2D eigenvalue weighted by Gasteiger charge is -2.23. The predicted molar refractivity (Wildman–Crippen MR) is 129 cm³/mol. The van der Waals surface area contributed by atoms with Crippen molar-refractivity contribution in [3.8, 4) is 0 Å². The van der Waals surface area contributed by atoms with Crippen molar-refractivity contribution < 1.29 is 14.6 Å². The minimum Gasteiger partial charge on any atom is -0.444 e. The fourth-order valence-corrected chi connectivity index (χ4v) is 2.17. The number of likely N-dealkylation sites (tertiary alicyclic amines) is 1. The summed E-state index contributed by atoms with van der Waals surface area (Å²) in [6.07, 6.45) is 12.6. The van der Waals surface area contributed by atoms with Crippen LogP contribution in [0.3, 0.4) is 0 Å². The van der Waals surface area contributed by atoms with Gasteiger partial charge in [0.05, 0.1) is 0 Å². The highest BCUT2D eigenvalue weighted by Crippen LogP contribution is 2.14. The lowest BCUT2D eigenvalue weighted by Crippen LogP contribution is -2.34. The molecule has 178 valence electrons. The molecule has 4 heteroatoms. The highest BCUT2D eigenvalue weighted by atomic mass is 16.6. The van der Waals surface area contributed by atoms with Crippen molar-refractivity contribution in [2.75, 3.05) is 19.7 Å². The molecule has 1 aliphatic heterocycles. The van der Waals surface area contributed by atoms with Gasteiger partial charge in [-0.15, -0.1) is 0 Å². The van der Waals surface area contributed by atoms with Gasteiger partial charge in [0.15, 0.2) is 0 Å². The number of aliphatic hydroxyl groups is 1. The molecule has 0 radical (unpaired) electrons. The number of rotatable bonds is 7. The van der Waals surface area contributed by atoms with Crippen LogP contribution in [-0.2, 0) is 4.74 Å². The Kier molecular flexibility index (Phi) is 26.7. The molecule has 1 atom stereocenters. The average molecular weight is 418 g/mol. The molecule has 1 amide bonds. The Morgan fingerprint density at radius 3 is 1.72 bits per heavy atom. The number of nitrogens with zero attached hydrogens (tertiary/aromatic N) is 1. The summed E-state index contributed by atoms with van der Waals surface area (Å²) in [5.74, 6) is 0.955. The van der Waals surface area contributed by atoms with Gasteiger partial charge >= 0.3 is 6.09 Å². The van der Waals surface area contributed by atoms with Crippen LogP contribution in [0.15, 0.2) is 0 Å². The number of carbonyl (C=O) groups is 1. The van der Waals surface area contributed by atoms with E-state index in [0.717, 1.165) is 38.3 Å². The third-order valence-corrected chi connectivity index (χ3v) is 4.48. The van der Waals surface area contributed by atoms with Crippen LogP contribution in [0, 0.1) is 5.92 Å². The van der Waals surface area contributed by atoms with E-state index in [2.05, 4.69) is 34.6 Å². The van der Waals surface area contributed by atoms with Gasteiger partial charge in [-0.1, -0.05) is 86.5 Å². The van der Waals surface area contributed by atoms with E-state index in [9.17, 15) is 4.79 Å². The van der Waals surface area contributed by atoms with Crippen molar-refractivity contribution in [3.05, 3.63) is 0 Å². The zero-order valence-electron chi connectivity index (χ0n) is 21.5. The molecule has 0 aromatic heterocycles. The molecule has 1 rings (SSSR count). The summed E-state index contributed by atoms with van der Waals surface area (Å²) in [4.78, 5) is 13.1. The van der Waals surface area contributed by atoms with E-state index in [1.807, 2.05) is 27.7 Å². The molecule has 0 aliphatic carbocycles. The maximum Gasteiger partial charge on any atom is 0.410 e. The van der Waals surface area contributed by atoms with Gasteiger partial charge in [-0.2, -0.15) is 0 Å². The van der Waals surface area contributed by atoms with Crippen LogP contribution in [0.25, 0.3) is 0 Å². The largest absolute Gasteiger partial charge is 0.444 e.